The summed E-state index contributed by atoms with van der Waals surface area (Å²) in [4.78, 5) is 23.3. The van der Waals surface area contributed by atoms with Crippen LogP contribution in [0.15, 0.2) is 24.3 Å². The maximum atomic E-state index is 12.2. The zero-order valence-electron chi connectivity index (χ0n) is 11.3. The number of carboxylic acid groups (broad SMARTS) is 1. The Morgan fingerprint density at radius 3 is 2.70 bits per heavy atom. The maximum absolute atomic E-state index is 12.2. The number of halogens is 1. The van der Waals surface area contributed by atoms with Crippen molar-refractivity contribution in [2.75, 3.05) is 0 Å². The van der Waals surface area contributed by atoms with Crippen LogP contribution < -0.4 is 5.32 Å². The number of amides is 1. The number of nitrogens with one attached hydrogen (secondary N) is 1. The predicted octanol–water partition coefficient (Wildman–Crippen LogP) is 3.02. The van der Waals surface area contributed by atoms with Gasteiger partial charge in [0.05, 0.1) is 17.9 Å². The molecule has 1 fully saturated rings. The van der Waals surface area contributed by atoms with Crippen LogP contribution in [0.25, 0.3) is 0 Å². The molecular weight excluding hydrogens is 278 g/mol. The van der Waals surface area contributed by atoms with Gasteiger partial charge >= 0.3 is 5.97 Å². The third-order valence-corrected chi connectivity index (χ3v) is 4.11. The minimum absolute atomic E-state index is 0.178. The Balaban J connectivity index is 2.02. The molecule has 1 amide bonds. The Bertz CT molecular complexity index is 518. The molecule has 0 spiro atoms. The number of carbonyl (C=O) groups is 2. The molecule has 0 heterocycles. The number of aliphatic carboxylic acids is 1. The van der Waals surface area contributed by atoms with E-state index in [1.165, 1.54) is 0 Å². The van der Waals surface area contributed by atoms with E-state index >= 15 is 0 Å². The Kier molecular flexibility index (Phi) is 4.65. The quantitative estimate of drug-likeness (QED) is 0.897. The molecule has 1 aliphatic carbocycles. The van der Waals surface area contributed by atoms with Crippen molar-refractivity contribution in [3.8, 4) is 0 Å². The van der Waals surface area contributed by atoms with Gasteiger partial charge in [-0.05, 0) is 37.5 Å². The molecule has 20 heavy (non-hydrogen) atoms. The first-order valence-electron chi connectivity index (χ1n) is 6.77. The standard InChI is InChI=1S/C15H18ClNO3/c1-9(10-4-2-5-11(16)8-10)17-14(18)12-6-3-7-13(12)15(19)20/h2,4-5,8-9,12-13H,3,6-7H2,1H3,(H,17,18)(H,19,20)/t9-,12+,13-/m0/s1. The molecule has 2 rings (SSSR count). The lowest BCUT2D eigenvalue weighted by Crippen LogP contribution is -2.36. The second-order valence-corrected chi connectivity index (χ2v) is 5.70. The van der Waals surface area contributed by atoms with E-state index < -0.39 is 17.8 Å². The van der Waals surface area contributed by atoms with Gasteiger partial charge in [-0.25, -0.2) is 0 Å². The van der Waals surface area contributed by atoms with Crippen molar-refractivity contribution < 1.29 is 14.7 Å². The van der Waals surface area contributed by atoms with Gasteiger partial charge in [0.1, 0.15) is 0 Å². The normalized spacial score (nSPS) is 23.3. The molecule has 0 saturated heterocycles. The average molecular weight is 296 g/mol. The first kappa shape index (κ1) is 14.9. The second-order valence-electron chi connectivity index (χ2n) is 5.27. The van der Waals surface area contributed by atoms with Crippen LogP contribution >= 0.6 is 11.6 Å². The summed E-state index contributed by atoms with van der Waals surface area (Å²) in [6, 6.07) is 7.11. The van der Waals surface area contributed by atoms with Gasteiger partial charge in [-0.1, -0.05) is 30.2 Å². The molecule has 2 N–H and O–H groups in total. The van der Waals surface area contributed by atoms with Gasteiger partial charge in [0, 0.05) is 5.02 Å². The van der Waals surface area contributed by atoms with Crippen molar-refractivity contribution in [1.29, 1.82) is 0 Å². The van der Waals surface area contributed by atoms with Crippen LogP contribution in [0.5, 0.6) is 0 Å². The molecule has 0 aliphatic heterocycles. The molecule has 1 aromatic carbocycles. The van der Waals surface area contributed by atoms with E-state index in [0.29, 0.717) is 17.9 Å². The summed E-state index contributed by atoms with van der Waals surface area (Å²) < 4.78 is 0. The molecule has 3 atom stereocenters. The zero-order chi connectivity index (χ0) is 14.7. The van der Waals surface area contributed by atoms with Crippen LogP contribution in [0.1, 0.15) is 37.8 Å². The monoisotopic (exact) mass is 295 g/mol. The van der Waals surface area contributed by atoms with Crippen LogP contribution in [0.4, 0.5) is 0 Å². The molecule has 5 heteroatoms. The molecular formula is C15H18ClNO3. The highest BCUT2D eigenvalue weighted by atomic mass is 35.5. The molecule has 0 unspecified atom stereocenters. The smallest absolute Gasteiger partial charge is 0.307 e. The maximum Gasteiger partial charge on any atom is 0.307 e. The number of carbonyl (C=O) groups excluding carboxylic acids is 1. The number of rotatable bonds is 4. The lowest BCUT2D eigenvalue weighted by Gasteiger charge is -2.20. The molecule has 108 valence electrons. The minimum Gasteiger partial charge on any atom is -0.481 e. The van der Waals surface area contributed by atoms with Crippen LogP contribution in [0.3, 0.4) is 0 Å². The van der Waals surface area contributed by atoms with Crippen LogP contribution in [-0.4, -0.2) is 17.0 Å². The van der Waals surface area contributed by atoms with E-state index in [0.717, 1.165) is 12.0 Å². The van der Waals surface area contributed by atoms with E-state index in [-0.39, 0.29) is 11.9 Å². The van der Waals surface area contributed by atoms with Gasteiger partial charge in [0.2, 0.25) is 5.91 Å². The van der Waals surface area contributed by atoms with Crippen molar-refractivity contribution in [3.05, 3.63) is 34.9 Å². The third-order valence-electron chi connectivity index (χ3n) is 3.88. The van der Waals surface area contributed by atoms with E-state index in [1.54, 1.807) is 12.1 Å². The Labute approximate surface area is 123 Å². The summed E-state index contributed by atoms with van der Waals surface area (Å²) in [5, 5.41) is 12.6. The lowest BCUT2D eigenvalue weighted by atomic mass is 9.94. The van der Waals surface area contributed by atoms with E-state index in [4.69, 9.17) is 16.7 Å². The number of benzene rings is 1. The summed E-state index contributed by atoms with van der Waals surface area (Å²) in [5.74, 6) is -2.03. The predicted molar refractivity (Wildman–Crippen MR) is 76.5 cm³/mol. The fourth-order valence-corrected chi connectivity index (χ4v) is 2.95. The van der Waals surface area contributed by atoms with Crippen molar-refractivity contribution in [3.63, 3.8) is 0 Å². The summed E-state index contributed by atoms with van der Waals surface area (Å²) in [6.07, 6.45) is 2.02. The highest BCUT2D eigenvalue weighted by Gasteiger charge is 2.38. The van der Waals surface area contributed by atoms with E-state index in [1.807, 2.05) is 19.1 Å². The van der Waals surface area contributed by atoms with Gasteiger partial charge in [-0.15, -0.1) is 0 Å². The van der Waals surface area contributed by atoms with Gasteiger partial charge in [-0.2, -0.15) is 0 Å². The highest BCUT2D eigenvalue weighted by molar-refractivity contribution is 6.30. The number of hydrogen-bond donors (Lipinski definition) is 2. The fraction of sp³-hybridized carbons (Fsp3) is 0.467. The first-order chi connectivity index (χ1) is 9.49. The first-order valence-corrected chi connectivity index (χ1v) is 7.15. The highest BCUT2D eigenvalue weighted by Crippen LogP contribution is 2.32. The summed E-state index contributed by atoms with van der Waals surface area (Å²) >= 11 is 5.93. The molecule has 1 aromatic rings. The Morgan fingerprint density at radius 2 is 2.05 bits per heavy atom. The second kappa shape index (κ2) is 6.27. The van der Waals surface area contributed by atoms with Crippen molar-refractivity contribution in [1.82, 2.24) is 5.32 Å². The zero-order valence-corrected chi connectivity index (χ0v) is 12.1. The molecule has 1 saturated carbocycles. The summed E-state index contributed by atoms with van der Waals surface area (Å²) in [6.45, 7) is 1.87. The topological polar surface area (TPSA) is 66.4 Å². The van der Waals surface area contributed by atoms with E-state index in [9.17, 15) is 9.59 Å². The lowest BCUT2D eigenvalue weighted by molar-refractivity contribution is -0.146. The van der Waals surface area contributed by atoms with Gasteiger partial charge in [-0.3, -0.25) is 9.59 Å². The van der Waals surface area contributed by atoms with Crippen molar-refractivity contribution in [2.24, 2.45) is 11.8 Å². The Hall–Kier alpha value is -1.55. The minimum atomic E-state index is -0.877. The summed E-state index contributed by atoms with van der Waals surface area (Å²) in [5.41, 5.74) is 0.913. The number of hydrogen-bond acceptors (Lipinski definition) is 2. The van der Waals surface area contributed by atoms with Crippen LogP contribution in [0.2, 0.25) is 5.02 Å². The average Bonchev–Trinajstić information content (AvgIpc) is 2.88. The number of carboxylic acids is 1. The SMILES string of the molecule is C[C@H](NC(=O)[C@@H]1CCC[C@@H]1C(=O)O)c1cccc(Cl)c1. The van der Waals surface area contributed by atoms with Crippen molar-refractivity contribution >= 4 is 23.5 Å². The fourth-order valence-electron chi connectivity index (χ4n) is 2.75. The summed E-state index contributed by atoms with van der Waals surface area (Å²) in [7, 11) is 0. The Morgan fingerprint density at radius 1 is 1.35 bits per heavy atom. The van der Waals surface area contributed by atoms with Gasteiger partial charge in [0.15, 0.2) is 0 Å². The van der Waals surface area contributed by atoms with Crippen LogP contribution in [0, 0.1) is 11.8 Å². The largest absolute Gasteiger partial charge is 0.481 e. The third kappa shape index (κ3) is 3.31. The molecule has 0 bridgehead atoms. The van der Waals surface area contributed by atoms with Gasteiger partial charge in [0.25, 0.3) is 0 Å². The molecule has 1 aliphatic rings. The molecule has 0 radical (unpaired) electrons. The van der Waals surface area contributed by atoms with Crippen LogP contribution in [-0.2, 0) is 9.59 Å². The molecule has 4 nitrogen and oxygen atoms in total. The molecule has 0 aromatic heterocycles. The van der Waals surface area contributed by atoms with Gasteiger partial charge < -0.3 is 10.4 Å². The van der Waals surface area contributed by atoms with Crippen molar-refractivity contribution in [2.45, 2.75) is 32.2 Å². The van der Waals surface area contributed by atoms with E-state index in [2.05, 4.69) is 5.32 Å².